The second kappa shape index (κ2) is 7.09. The minimum absolute atomic E-state index is 0.247. The van der Waals surface area contributed by atoms with E-state index in [1.165, 1.54) is 17.7 Å². The lowest BCUT2D eigenvalue weighted by Crippen LogP contribution is -2.04. The van der Waals surface area contributed by atoms with Gasteiger partial charge >= 0.3 is 0 Å². The van der Waals surface area contributed by atoms with Crippen molar-refractivity contribution in [3.8, 4) is 0 Å². The molecule has 0 aromatic rings. The number of allylic oxidation sites excluding steroid dienone is 5. The summed E-state index contributed by atoms with van der Waals surface area (Å²) < 4.78 is 0. The van der Waals surface area contributed by atoms with Crippen molar-refractivity contribution in [1.29, 1.82) is 5.41 Å². The Morgan fingerprint density at radius 3 is 2.44 bits per heavy atom. The highest BCUT2D eigenvalue weighted by Crippen LogP contribution is 2.22. The van der Waals surface area contributed by atoms with Crippen LogP contribution in [-0.2, 0) is 0 Å². The minimum atomic E-state index is 0.247. The first kappa shape index (κ1) is 14.7. The molecule has 0 aliphatic rings. The van der Waals surface area contributed by atoms with Gasteiger partial charge in [-0.15, -0.1) is 0 Å². The fourth-order valence-electron chi connectivity index (χ4n) is 0.807. The van der Waals surface area contributed by atoms with Crippen LogP contribution >= 0.6 is 24.2 Å². The molecular formula is C11H14ClN3S. The first-order chi connectivity index (χ1) is 7.45. The van der Waals surface area contributed by atoms with Gasteiger partial charge in [-0.05, 0) is 29.6 Å². The van der Waals surface area contributed by atoms with E-state index in [0.717, 1.165) is 0 Å². The summed E-state index contributed by atoms with van der Waals surface area (Å²) in [6.07, 6.45) is 2.83. The Labute approximate surface area is 106 Å². The van der Waals surface area contributed by atoms with Crippen molar-refractivity contribution in [1.82, 2.24) is 0 Å². The first-order valence-electron chi connectivity index (χ1n) is 4.33. The van der Waals surface area contributed by atoms with E-state index in [1.54, 1.807) is 6.92 Å². The maximum Gasteiger partial charge on any atom is 0.0646 e. The summed E-state index contributed by atoms with van der Waals surface area (Å²) in [4.78, 5) is 0. The van der Waals surface area contributed by atoms with E-state index >= 15 is 0 Å². The summed E-state index contributed by atoms with van der Waals surface area (Å²) >= 11 is 9.88. The molecule has 0 bridgehead atoms. The quantitative estimate of drug-likeness (QED) is 0.228. The molecule has 16 heavy (non-hydrogen) atoms. The predicted molar refractivity (Wildman–Crippen MR) is 75.4 cm³/mol. The number of hydrogen-bond acceptors (Lipinski definition) is 4. The number of rotatable bonds is 5. The predicted octanol–water partition coefficient (Wildman–Crippen LogP) is 3.02. The monoisotopic (exact) mass is 255 g/mol. The SMILES string of the molecule is C=C(C(=C)/C(Cl)=C\C=N/N)C(=N)/C(C)=C\S. The van der Waals surface area contributed by atoms with Gasteiger partial charge in [-0.25, -0.2) is 0 Å². The molecule has 86 valence electrons. The van der Waals surface area contributed by atoms with Gasteiger partial charge in [0.1, 0.15) is 0 Å². The van der Waals surface area contributed by atoms with Gasteiger partial charge < -0.3 is 5.84 Å². The molecule has 0 aromatic heterocycles. The van der Waals surface area contributed by atoms with Crippen molar-refractivity contribution < 1.29 is 0 Å². The fourth-order valence-corrected chi connectivity index (χ4v) is 1.11. The van der Waals surface area contributed by atoms with Crippen LogP contribution in [0.25, 0.3) is 0 Å². The third-order valence-corrected chi connectivity index (χ3v) is 2.59. The Morgan fingerprint density at radius 2 is 2.00 bits per heavy atom. The van der Waals surface area contributed by atoms with E-state index in [-0.39, 0.29) is 5.71 Å². The van der Waals surface area contributed by atoms with Gasteiger partial charge in [0.2, 0.25) is 0 Å². The molecule has 0 saturated carbocycles. The van der Waals surface area contributed by atoms with Crippen LogP contribution in [0.1, 0.15) is 6.92 Å². The molecule has 0 unspecified atom stereocenters. The Balaban J connectivity index is 4.90. The molecule has 0 radical (unpaired) electrons. The highest BCUT2D eigenvalue weighted by atomic mass is 35.5. The molecule has 0 spiro atoms. The van der Waals surface area contributed by atoms with E-state index in [9.17, 15) is 0 Å². The van der Waals surface area contributed by atoms with Gasteiger partial charge in [0.05, 0.1) is 5.71 Å². The van der Waals surface area contributed by atoms with Gasteiger partial charge in [-0.2, -0.15) is 17.7 Å². The van der Waals surface area contributed by atoms with E-state index in [4.69, 9.17) is 22.9 Å². The van der Waals surface area contributed by atoms with E-state index in [1.807, 2.05) is 0 Å². The number of halogens is 1. The average Bonchev–Trinajstić information content (AvgIpc) is 2.31. The van der Waals surface area contributed by atoms with Crippen LogP contribution in [0.15, 0.2) is 51.5 Å². The molecule has 0 aromatic carbocycles. The lowest BCUT2D eigenvalue weighted by molar-refractivity contribution is 1.27. The highest BCUT2D eigenvalue weighted by Gasteiger charge is 2.10. The van der Waals surface area contributed by atoms with Crippen molar-refractivity contribution >= 4 is 36.2 Å². The van der Waals surface area contributed by atoms with Crippen molar-refractivity contribution in [2.75, 3.05) is 0 Å². The summed E-state index contributed by atoms with van der Waals surface area (Å²) in [6.45, 7) is 9.26. The third kappa shape index (κ3) is 4.08. The summed E-state index contributed by atoms with van der Waals surface area (Å²) in [5.41, 5.74) is 1.83. The smallest absolute Gasteiger partial charge is 0.0646 e. The molecule has 0 amide bonds. The van der Waals surface area contributed by atoms with E-state index in [2.05, 4.69) is 30.9 Å². The number of nitrogens with one attached hydrogen (secondary N) is 1. The lowest BCUT2D eigenvalue weighted by Gasteiger charge is -2.09. The second-order valence-electron chi connectivity index (χ2n) is 2.96. The Bertz CT molecular complexity index is 405. The Hall–Kier alpha value is -1.26. The van der Waals surface area contributed by atoms with Crippen LogP contribution in [0, 0.1) is 5.41 Å². The molecule has 5 heteroatoms. The van der Waals surface area contributed by atoms with E-state index in [0.29, 0.717) is 21.8 Å². The molecule has 0 rings (SSSR count). The van der Waals surface area contributed by atoms with Crippen LogP contribution in [0.3, 0.4) is 0 Å². The zero-order valence-corrected chi connectivity index (χ0v) is 10.6. The maximum atomic E-state index is 7.78. The molecule has 0 heterocycles. The molecule has 3 nitrogen and oxygen atoms in total. The Morgan fingerprint density at radius 1 is 1.44 bits per heavy atom. The van der Waals surface area contributed by atoms with Crippen LogP contribution in [0.5, 0.6) is 0 Å². The summed E-state index contributed by atoms with van der Waals surface area (Å²) in [5, 5.41) is 12.9. The van der Waals surface area contributed by atoms with Gasteiger partial charge in [-0.3, -0.25) is 5.41 Å². The first-order valence-corrected chi connectivity index (χ1v) is 5.23. The molecular weight excluding hydrogens is 242 g/mol. The number of hydrogen-bond donors (Lipinski definition) is 3. The van der Waals surface area contributed by atoms with Crippen LogP contribution in [-0.4, -0.2) is 11.9 Å². The number of nitrogens with two attached hydrogens (primary N) is 1. The molecule has 0 aliphatic heterocycles. The normalized spacial score (nSPS) is 12.9. The van der Waals surface area contributed by atoms with Crippen molar-refractivity contribution in [2.24, 2.45) is 10.9 Å². The average molecular weight is 256 g/mol. The molecule has 3 N–H and O–H groups in total. The van der Waals surface area contributed by atoms with Crippen molar-refractivity contribution in [3.05, 3.63) is 46.4 Å². The van der Waals surface area contributed by atoms with Gasteiger partial charge in [-0.1, -0.05) is 24.8 Å². The van der Waals surface area contributed by atoms with Crippen molar-refractivity contribution in [3.63, 3.8) is 0 Å². The number of thiol groups is 1. The summed E-state index contributed by atoms with van der Waals surface area (Å²) in [7, 11) is 0. The van der Waals surface area contributed by atoms with Crippen molar-refractivity contribution in [2.45, 2.75) is 6.92 Å². The largest absolute Gasteiger partial charge is 0.323 e. The Kier molecular flexibility index (Phi) is 6.53. The topological polar surface area (TPSA) is 62.2 Å². The van der Waals surface area contributed by atoms with Crippen LogP contribution in [0.2, 0.25) is 0 Å². The van der Waals surface area contributed by atoms with E-state index < -0.39 is 0 Å². The number of nitrogens with zero attached hydrogens (tertiary/aromatic N) is 1. The fraction of sp³-hybridized carbons (Fsp3) is 0.0909. The van der Waals surface area contributed by atoms with Gasteiger partial charge in [0.15, 0.2) is 0 Å². The second-order valence-corrected chi connectivity index (χ2v) is 3.62. The van der Waals surface area contributed by atoms with Crippen LogP contribution < -0.4 is 5.84 Å². The number of hydrazone groups is 1. The summed E-state index contributed by atoms with van der Waals surface area (Å²) in [6, 6.07) is 0. The zero-order valence-electron chi connectivity index (χ0n) is 9.00. The summed E-state index contributed by atoms with van der Waals surface area (Å²) in [5.74, 6) is 4.94. The van der Waals surface area contributed by atoms with Gasteiger partial charge in [0.25, 0.3) is 0 Å². The molecule has 0 aliphatic carbocycles. The molecule has 0 saturated heterocycles. The lowest BCUT2D eigenvalue weighted by atomic mass is 10.00. The third-order valence-electron chi connectivity index (χ3n) is 1.85. The molecule has 0 atom stereocenters. The highest BCUT2D eigenvalue weighted by molar-refractivity contribution is 7.83. The maximum absolute atomic E-state index is 7.78. The van der Waals surface area contributed by atoms with Gasteiger partial charge in [0, 0.05) is 16.8 Å². The van der Waals surface area contributed by atoms with Crippen LogP contribution in [0.4, 0.5) is 0 Å². The molecule has 0 fully saturated rings. The zero-order chi connectivity index (χ0) is 12.7. The minimum Gasteiger partial charge on any atom is -0.323 e. The standard InChI is InChI=1S/C11H14ClN3S/c1-7(6-16)11(13)9(3)8(2)10(12)4-5-15-14/h4-6,13,16H,2-3,14H2,1H3/b7-6-,10-4+,13-11?,15-5-.